The minimum absolute atomic E-state index is 0.174. The van der Waals surface area contributed by atoms with Gasteiger partial charge in [0.2, 0.25) is 0 Å². The maximum absolute atomic E-state index is 13.0. The number of nitrogens with zero attached hydrogens (tertiary/aromatic N) is 1. The van der Waals surface area contributed by atoms with Crippen LogP contribution < -0.4 is 5.32 Å². The number of hydrogen-bond acceptors (Lipinski definition) is 3. The molecule has 0 atom stereocenters. The van der Waals surface area contributed by atoms with Gasteiger partial charge in [-0.15, -0.1) is 0 Å². The molecular formula is C17H14FN3O. The van der Waals surface area contributed by atoms with Crippen LogP contribution in [0, 0.1) is 5.82 Å². The van der Waals surface area contributed by atoms with Crippen molar-refractivity contribution in [2.24, 2.45) is 0 Å². The van der Waals surface area contributed by atoms with Crippen molar-refractivity contribution in [3.63, 3.8) is 0 Å². The number of aromatic amines is 1. The van der Waals surface area contributed by atoms with Crippen molar-refractivity contribution in [3.05, 3.63) is 60.4 Å². The van der Waals surface area contributed by atoms with Crippen molar-refractivity contribution in [2.75, 3.05) is 11.9 Å². The van der Waals surface area contributed by atoms with Crippen LogP contribution in [0.2, 0.25) is 0 Å². The molecule has 0 amide bonds. The summed E-state index contributed by atoms with van der Waals surface area (Å²) in [4.78, 5) is 18.3. The summed E-state index contributed by atoms with van der Waals surface area (Å²) in [5, 5.41) is 2.98. The molecule has 1 aromatic heterocycles. The van der Waals surface area contributed by atoms with E-state index >= 15 is 0 Å². The zero-order valence-electron chi connectivity index (χ0n) is 11.7. The van der Waals surface area contributed by atoms with Gasteiger partial charge in [0.25, 0.3) is 0 Å². The molecule has 4 nitrogen and oxygen atoms in total. The summed E-state index contributed by atoms with van der Waals surface area (Å²) in [6.45, 7) is 0.174. The Hall–Kier alpha value is -2.95. The molecule has 0 saturated heterocycles. The largest absolute Gasteiger partial charge is 0.361 e. The fraction of sp³-hybridized carbons (Fsp3) is 0.0588. The number of aromatic nitrogens is 2. The number of anilines is 1. The fourth-order valence-corrected chi connectivity index (χ4v) is 2.20. The van der Waals surface area contributed by atoms with E-state index in [0.29, 0.717) is 11.6 Å². The standard InChI is InChI=1S/C17H14FN3O/c18-14-8-6-13(7-9-14)16-20-15(12-4-2-1-3-5-12)17(21-16)19-10-11-22/h1-9,11,19H,10H2,(H,20,21). The topological polar surface area (TPSA) is 57.8 Å². The average molecular weight is 295 g/mol. The summed E-state index contributed by atoms with van der Waals surface area (Å²) < 4.78 is 13.0. The van der Waals surface area contributed by atoms with Gasteiger partial charge in [-0.1, -0.05) is 30.3 Å². The molecule has 2 N–H and O–H groups in total. The monoisotopic (exact) mass is 295 g/mol. The number of benzene rings is 2. The quantitative estimate of drug-likeness (QED) is 0.708. The van der Waals surface area contributed by atoms with Gasteiger partial charge in [-0.25, -0.2) is 9.37 Å². The molecule has 5 heteroatoms. The van der Waals surface area contributed by atoms with E-state index in [1.807, 2.05) is 30.3 Å². The number of halogens is 1. The number of hydrogen-bond donors (Lipinski definition) is 2. The predicted molar refractivity (Wildman–Crippen MR) is 84.0 cm³/mol. The molecule has 3 rings (SSSR count). The molecule has 110 valence electrons. The lowest BCUT2D eigenvalue weighted by atomic mass is 10.1. The average Bonchev–Trinajstić information content (AvgIpc) is 2.98. The normalized spacial score (nSPS) is 10.4. The van der Waals surface area contributed by atoms with Crippen molar-refractivity contribution in [1.82, 2.24) is 9.97 Å². The minimum Gasteiger partial charge on any atom is -0.361 e. The lowest BCUT2D eigenvalue weighted by molar-refractivity contribution is -0.106. The van der Waals surface area contributed by atoms with E-state index in [4.69, 9.17) is 0 Å². The Kier molecular flexibility index (Phi) is 3.96. The van der Waals surface area contributed by atoms with Gasteiger partial charge in [-0.3, -0.25) is 0 Å². The van der Waals surface area contributed by atoms with Crippen molar-refractivity contribution in [3.8, 4) is 22.6 Å². The van der Waals surface area contributed by atoms with E-state index in [0.717, 1.165) is 23.1 Å². The van der Waals surface area contributed by atoms with Gasteiger partial charge in [-0.2, -0.15) is 0 Å². The van der Waals surface area contributed by atoms with Crippen LogP contribution in [-0.4, -0.2) is 22.8 Å². The van der Waals surface area contributed by atoms with E-state index in [-0.39, 0.29) is 12.4 Å². The van der Waals surface area contributed by atoms with Crippen LogP contribution in [0.3, 0.4) is 0 Å². The third kappa shape index (κ3) is 2.88. The lowest BCUT2D eigenvalue weighted by Crippen LogP contribution is -2.03. The Morgan fingerprint density at radius 2 is 1.77 bits per heavy atom. The molecule has 0 aliphatic heterocycles. The van der Waals surface area contributed by atoms with Gasteiger partial charge in [0.05, 0.1) is 12.2 Å². The number of aldehydes is 1. The number of carbonyl (C=O) groups is 1. The minimum atomic E-state index is -0.294. The van der Waals surface area contributed by atoms with Crippen LogP contribution in [0.5, 0.6) is 0 Å². The number of rotatable bonds is 5. The first kappa shape index (κ1) is 14.0. The highest BCUT2D eigenvalue weighted by atomic mass is 19.1. The second-order valence-electron chi connectivity index (χ2n) is 4.73. The maximum atomic E-state index is 13.0. The Labute approximate surface area is 127 Å². The molecule has 0 aliphatic rings. The molecule has 1 heterocycles. The summed E-state index contributed by atoms with van der Waals surface area (Å²) >= 11 is 0. The summed E-state index contributed by atoms with van der Waals surface area (Å²) in [5.41, 5.74) is 2.52. The van der Waals surface area contributed by atoms with Gasteiger partial charge in [-0.05, 0) is 24.3 Å². The zero-order chi connectivity index (χ0) is 15.4. The van der Waals surface area contributed by atoms with E-state index in [1.165, 1.54) is 12.1 Å². The van der Waals surface area contributed by atoms with Crippen molar-refractivity contribution in [2.45, 2.75) is 0 Å². The SMILES string of the molecule is O=CCNc1nc(-c2ccc(F)cc2)[nH]c1-c1ccccc1. The van der Waals surface area contributed by atoms with E-state index < -0.39 is 0 Å². The van der Waals surface area contributed by atoms with Crippen molar-refractivity contribution >= 4 is 12.1 Å². The molecule has 0 spiro atoms. The first-order valence-corrected chi connectivity index (χ1v) is 6.87. The first-order chi connectivity index (χ1) is 10.8. The van der Waals surface area contributed by atoms with Crippen LogP contribution in [0.15, 0.2) is 54.6 Å². The van der Waals surface area contributed by atoms with Gasteiger partial charge >= 0.3 is 0 Å². The zero-order valence-corrected chi connectivity index (χ0v) is 11.7. The second-order valence-corrected chi connectivity index (χ2v) is 4.73. The lowest BCUT2D eigenvalue weighted by Gasteiger charge is -2.02. The van der Waals surface area contributed by atoms with Gasteiger partial charge in [0, 0.05) is 11.1 Å². The summed E-state index contributed by atoms with van der Waals surface area (Å²) in [7, 11) is 0. The third-order valence-corrected chi connectivity index (χ3v) is 3.24. The number of carbonyl (C=O) groups excluding carboxylic acids is 1. The molecule has 0 fully saturated rings. The summed E-state index contributed by atoms with van der Waals surface area (Å²) in [6.07, 6.45) is 0.779. The van der Waals surface area contributed by atoms with Gasteiger partial charge < -0.3 is 15.1 Å². The summed E-state index contributed by atoms with van der Waals surface area (Å²) in [6, 6.07) is 15.8. The Balaban J connectivity index is 2.04. The number of imidazole rings is 1. The van der Waals surface area contributed by atoms with Gasteiger partial charge in [0.1, 0.15) is 17.9 Å². The maximum Gasteiger partial charge on any atom is 0.153 e. The van der Waals surface area contributed by atoms with E-state index in [1.54, 1.807) is 12.1 Å². The van der Waals surface area contributed by atoms with Crippen LogP contribution in [0.25, 0.3) is 22.6 Å². The van der Waals surface area contributed by atoms with Crippen LogP contribution in [0.4, 0.5) is 10.2 Å². The highest BCUT2D eigenvalue weighted by Crippen LogP contribution is 2.29. The van der Waals surface area contributed by atoms with Gasteiger partial charge in [0.15, 0.2) is 5.82 Å². The molecule has 0 aliphatic carbocycles. The molecule has 22 heavy (non-hydrogen) atoms. The molecule has 0 radical (unpaired) electrons. The predicted octanol–water partition coefficient (Wildman–Crippen LogP) is 3.49. The Morgan fingerprint density at radius 3 is 2.45 bits per heavy atom. The smallest absolute Gasteiger partial charge is 0.153 e. The molecule has 2 aromatic carbocycles. The van der Waals surface area contributed by atoms with Crippen molar-refractivity contribution < 1.29 is 9.18 Å². The first-order valence-electron chi connectivity index (χ1n) is 6.87. The second kappa shape index (κ2) is 6.22. The highest BCUT2D eigenvalue weighted by molar-refractivity contribution is 5.77. The Bertz CT molecular complexity index is 766. The van der Waals surface area contributed by atoms with Crippen LogP contribution in [0.1, 0.15) is 0 Å². The fourth-order valence-electron chi connectivity index (χ4n) is 2.20. The number of nitrogens with one attached hydrogen (secondary N) is 2. The van der Waals surface area contributed by atoms with Crippen molar-refractivity contribution in [1.29, 1.82) is 0 Å². The van der Waals surface area contributed by atoms with Crippen LogP contribution >= 0.6 is 0 Å². The highest BCUT2D eigenvalue weighted by Gasteiger charge is 2.13. The van der Waals surface area contributed by atoms with E-state index in [2.05, 4.69) is 15.3 Å². The molecule has 0 unspecified atom stereocenters. The summed E-state index contributed by atoms with van der Waals surface area (Å²) in [5.74, 6) is 0.919. The van der Waals surface area contributed by atoms with E-state index in [9.17, 15) is 9.18 Å². The number of H-pyrrole nitrogens is 1. The molecule has 0 saturated carbocycles. The molecule has 0 bridgehead atoms. The molecule has 3 aromatic rings. The molecular weight excluding hydrogens is 281 g/mol. The third-order valence-electron chi connectivity index (χ3n) is 3.24. The van der Waals surface area contributed by atoms with Crippen LogP contribution in [-0.2, 0) is 4.79 Å². The Morgan fingerprint density at radius 1 is 1.05 bits per heavy atom.